The summed E-state index contributed by atoms with van der Waals surface area (Å²) in [7, 11) is -3.65. The molecule has 2 aliphatic carbocycles. The number of nitrogens with one attached hydrogen (secondary N) is 2. The Bertz CT molecular complexity index is 1200. The van der Waals surface area contributed by atoms with Gasteiger partial charge in [-0.1, -0.05) is 51.0 Å². The van der Waals surface area contributed by atoms with Crippen LogP contribution < -0.4 is 10.0 Å². The lowest BCUT2D eigenvalue weighted by Crippen LogP contribution is -2.40. The number of halogens is 3. The van der Waals surface area contributed by atoms with Crippen LogP contribution in [0.5, 0.6) is 0 Å². The second-order valence-electron chi connectivity index (χ2n) is 9.75. The third kappa shape index (κ3) is 7.24. The van der Waals surface area contributed by atoms with Crippen molar-refractivity contribution in [2.45, 2.75) is 80.8 Å². The van der Waals surface area contributed by atoms with Gasteiger partial charge in [-0.3, -0.25) is 9.52 Å². The minimum atomic E-state index is -5.08. The molecule has 2 aromatic rings. The van der Waals surface area contributed by atoms with E-state index in [9.17, 15) is 26.4 Å². The summed E-state index contributed by atoms with van der Waals surface area (Å²) in [4.78, 5) is 22.0. The molecule has 7 nitrogen and oxygen atoms in total. The first-order chi connectivity index (χ1) is 17.2. The maximum atomic E-state index is 12.8. The van der Waals surface area contributed by atoms with Crippen molar-refractivity contribution in [2.75, 3.05) is 4.72 Å². The van der Waals surface area contributed by atoms with Gasteiger partial charge in [-0.25, -0.2) is 13.2 Å². The molecule has 0 bridgehead atoms. The summed E-state index contributed by atoms with van der Waals surface area (Å²) >= 11 is 0. The molecule has 0 aromatic heterocycles. The van der Waals surface area contributed by atoms with Gasteiger partial charge in [0.05, 0.1) is 10.3 Å². The first-order valence-corrected chi connectivity index (χ1v) is 13.6. The fourth-order valence-electron chi connectivity index (χ4n) is 4.27. The van der Waals surface area contributed by atoms with Crippen LogP contribution in [0.3, 0.4) is 0 Å². The molecule has 2 aromatic carbocycles. The smallest absolute Gasteiger partial charge is 0.475 e. The lowest BCUT2D eigenvalue weighted by molar-refractivity contribution is -0.192. The lowest BCUT2D eigenvalue weighted by atomic mass is 9.94. The van der Waals surface area contributed by atoms with E-state index in [1.807, 2.05) is 24.3 Å². The molecule has 0 saturated heterocycles. The van der Waals surface area contributed by atoms with Gasteiger partial charge in [0.15, 0.2) is 0 Å². The summed E-state index contributed by atoms with van der Waals surface area (Å²) in [5.41, 5.74) is 2.12. The number of hydrogen-bond acceptors (Lipinski definition) is 4. The predicted molar refractivity (Wildman–Crippen MR) is 133 cm³/mol. The molecule has 0 heterocycles. The molecule has 4 rings (SSSR count). The number of sulfonamides is 1. The van der Waals surface area contributed by atoms with Crippen molar-refractivity contribution in [3.8, 4) is 0 Å². The van der Waals surface area contributed by atoms with Gasteiger partial charge in [0.1, 0.15) is 0 Å². The minimum absolute atomic E-state index is 0.118. The second kappa shape index (κ2) is 11.1. The molecule has 2 saturated carbocycles. The average molecular weight is 541 g/mol. The highest BCUT2D eigenvalue weighted by molar-refractivity contribution is 7.92. The van der Waals surface area contributed by atoms with Crippen LogP contribution in [0.2, 0.25) is 0 Å². The number of carbonyl (C=O) groups is 2. The quantitative estimate of drug-likeness (QED) is 0.439. The van der Waals surface area contributed by atoms with E-state index in [4.69, 9.17) is 9.90 Å². The van der Waals surface area contributed by atoms with E-state index >= 15 is 0 Å². The van der Waals surface area contributed by atoms with E-state index in [0.29, 0.717) is 17.6 Å². The molecule has 0 atom stereocenters. The maximum Gasteiger partial charge on any atom is 0.490 e. The Morgan fingerprint density at radius 2 is 1.49 bits per heavy atom. The van der Waals surface area contributed by atoms with Crippen LogP contribution in [0.4, 0.5) is 18.9 Å². The number of aliphatic carboxylic acids is 1. The molecule has 0 unspecified atom stereocenters. The molecular formula is C26H31F3N2O5S. The number of rotatable bonds is 7. The zero-order chi connectivity index (χ0) is 27.4. The molecule has 3 N–H and O–H groups in total. The highest BCUT2D eigenvalue weighted by Crippen LogP contribution is 2.49. The maximum absolute atomic E-state index is 12.8. The third-order valence-electron chi connectivity index (χ3n) is 6.66. The molecule has 202 valence electrons. The zero-order valence-electron chi connectivity index (χ0n) is 20.6. The summed E-state index contributed by atoms with van der Waals surface area (Å²) in [5, 5.41) is 10.3. The lowest BCUT2D eigenvalue weighted by Gasteiger charge is -2.20. The van der Waals surface area contributed by atoms with E-state index in [1.165, 1.54) is 12.8 Å². The second-order valence-corrected chi connectivity index (χ2v) is 11.4. The Kier molecular flexibility index (Phi) is 8.56. The Morgan fingerprint density at radius 3 is 1.92 bits per heavy atom. The molecular weight excluding hydrogens is 509 g/mol. The van der Waals surface area contributed by atoms with Crippen molar-refractivity contribution in [3.05, 3.63) is 59.7 Å². The van der Waals surface area contributed by atoms with E-state index in [0.717, 1.165) is 36.8 Å². The standard InChI is InChI=1S/C24H30N2O3S.C2HF3O2/c1-17(2)18-7-13-22(14-8-18)30(28,29)26-21-11-9-19(10-12-21)24(15-16-24)23(27)25-20-5-3-4-6-20;3-2(4,5)1(6)7/h7-14,17,20,26H,3-6,15-16H2,1-2H3,(H,25,27);(H,6,7). The Morgan fingerprint density at radius 1 is 0.973 bits per heavy atom. The van der Waals surface area contributed by atoms with Crippen LogP contribution in [0.15, 0.2) is 53.4 Å². The van der Waals surface area contributed by atoms with Crippen LogP contribution in [0.1, 0.15) is 69.4 Å². The normalized spacial score (nSPS) is 17.0. The first kappa shape index (κ1) is 28.5. The Balaban J connectivity index is 0.000000479. The summed E-state index contributed by atoms with van der Waals surface area (Å²) in [6, 6.07) is 14.5. The minimum Gasteiger partial charge on any atom is -0.475 e. The van der Waals surface area contributed by atoms with Crippen molar-refractivity contribution < 1.29 is 36.3 Å². The van der Waals surface area contributed by atoms with E-state index < -0.39 is 27.6 Å². The van der Waals surface area contributed by atoms with Crippen LogP contribution in [0, 0.1) is 0 Å². The molecule has 11 heteroatoms. The fourth-order valence-corrected chi connectivity index (χ4v) is 5.33. The van der Waals surface area contributed by atoms with Crippen LogP contribution in [0.25, 0.3) is 0 Å². The number of amides is 1. The van der Waals surface area contributed by atoms with Gasteiger partial charge in [0.25, 0.3) is 10.0 Å². The number of carbonyl (C=O) groups excluding carboxylic acids is 1. The van der Waals surface area contributed by atoms with E-state index in [2.05, 4.69) is 23.9 Å². The van der Waals surface area contributed by atoms with Gasteiger partial charge in [-0.05, 0) is 67.0 Å². The number of hydrogen-bond donors (Lipinski definition) is 3. The van der Waals surface area contributed by atoms with Gasteiger partial charge in [0, 0.05) is 11.7 Å². The number of benzene rings is 2. The van der Waals surface area contributed by atoms with Crippen molar-refractivity contribution in [2.24, 2.45) is 0 Å². The molecule has 0 aliphatic heterocycles. The number of anilines is 1. The third-order valence-corrected chi connectivity index (χ3v) is 8.06. The first-order valence-electron chi connectivity index (χ1n) is 12.1. The van der Waals surface area contributed by atoms with Crippen molar-refractivity contribution >= 4 is 27.6 Å². The molecule has 2 fully saturated rings. The monoisotopic (exact) mass is 540 g/mol. The van der Waals surface area contributed by atoms with Crippen LogP contribution in [-0.4, -0.2) is 37.6 Å². The van der Waals surface area contributed by atoms with E-state index in [1.54, 1.807) is 24.3 Å². The SMILES string of the molecule is CC(C)c1ccc(S(=O)(=O)Nc2ccc(C3(C(=O)NC4CCCC4)CC3)cc2)cc1.O=C(O)C(F)(F)F. The summed E-state index contributed by atoms with van der Waals surface area (Å²) < 4.78 is 59.8. The molecule has 0 spiro atoms. The Hall–Kier alpha value is -3.08. The van der Waals surface area contributed by atoms with Gasteiger partial charge in [0.2, 0.25) is 5.91 Å². The summed E-state index contributed by atoms with van der Waals surface area (Å²) in [6.45, 7) is 4.15. The van der Waals surface area contributed by atoms with Crippen LogP contribution >= 0.6 is 0 Å². The van der Waals surface area contributed by atoms with Gasteiger partial charge in [-0.2, -0.15) is 13.2 Å². The van der Waals surface area contributed by atoms with Crippen molar-refractivity contribution in [1.29, 1.82) is 0 Å². The van der Waals surface area contributed by atoms with Crippen LogP contribution in [-0.2, 0) is 25.0 Å². The Labute approximate surface area is 214 Å². The molecule has 1 amide bonds. The van der Waals surface area contributed by atoms with Crippen molar-refractivity contribution in [1.82, 2.24) is 5.32 Å². The van der Waals surface area contributed by atoms with Gasteiger partial charge >= 0.3 is 12.1 Å². The van der Waals surface area contributed by atoms with E-state index in [-0.39, 0.29) is 10.8 Å². The molecule has 0 radical (unpaired) electrons. The summed E-state index contributed by atoms with van der Waals surface area (Å²) in [6.07, 6.45) is 1.12. The highest BCUT2D eigenvalue weighted by Gasteiger charge is 2.51. The van der Waals surface area contributed by atoms with Crippen molar-refractivity contribution in [3.63, 3.8) is 0 Å². The fraction of sp³-hybridized carbons (Fsp3) is 0.462. The molecule has 2 aliphatic rings. The summed E-state index contributed by atoms with van der Waals surface area (Å²) in [5.74, 6) is -2.29. The topological polar surface area (TPSA) is 113 Å². The van der Waals surface area contributed by atoms with Gasteiger partial charge in [-0.15, -0.1) is 0 Å². The predicted octanol–water partition coefficient (Wildman–Crippen LogP) is 5.33. The highest BCUT2D eigenvalue weighted by atomic mass is 32.2. The average Bonchev–Trinajstić information content (AvgIpc) is 3.49. The van der Waals surface area contributed by atoms with Gasteiger partial charge < -0.3 is 10.4 Å². The number of carboxylic acids is 1. The largest absolute Gasteiger partial charge is 0.490 e. The number of alkyl halides is 3. The number of carboxylic acid groups (broad SMARTS) is 1. The molecule has 37 heavy (non-hydrogen) atoms. The zero-order valence-corrected chi connectivity index (χ0v) is 21.5.